The zero-order valence-electron chi connectivity index (χ0n) is 27.1. The van der Waals surface area contributed by atoms with Crippen molar-refractivity contribution in [2.45, 2.75) is 25.0 Å². The molecule has 47 heavy (non-hydrogen) atoms. The van der Waals surface area contributed by atoms with E-state index in [2.05, 4.69) is 10.6 Å². The molecule has 4 rings (SSSR count). The summed E-state index contributed by atoms with van der Waals surface area (Å²) in [5.74, 6) is 0. The molecule has 2 fully saturated rings. The molecule has 4 amide bonds. The number of hydrogen-bond donors (Lipinski definition) is 3. The molecular formula is C31H44N6O10. The summed E-state index contributed by atoms with van der Waals surface area (Å²) in [6.07, 6.45) is -2.57. The van der Waals surface area contributed by atoms with Crippen LogP contribution in [-0.4, -0.2) is 143 Å². The summed E-state index contributed by atoms with van der Waals surface area (Å²) in [6.45, 7) is 1.52. The number of carbonyl (C=O) groups is 3. The Balaban J connectivity index is 1.24. The Morgan fingerprint density at radius 3 is 1.43 bits per heavy atom. The highest BCUT2D eigenvalue weighted by Crippen LogP contribution is 2.19. The standard InChI is InChI=1S/C31H44N6O10/c1-42-18-34-14-26(15-35(19-43-2)30(34)40)46-28(38)32-24-9-5-22(6-10-24)13-23-7-11-25(12-8-23)33-29(39)47-27-16-36(20-44-3)31(41)37(17-27)21-45-4/h5-12,26-27,30,40H,13-21H2,1-4H3,(H,32,38)(H,33,39). The van der Waals surface area contributed by atoms with Gasteiger partial charge in [0.2, 0.25) is 0 Å². The van der Waals surface area contributed by atoms with Gasteiger partial charge in [0.15, 0.2) is 6.35 Å². The van der Waals surface area contributed by atoms with E-state index in [1.165, 1.54) is 38.2 Å². The number of urea groups is 1. The van der Waals surface area contributed by atoms with Crippen LogP contribution in [0, 0.1) is 0 Å². The van der Waals surface area contributed by atoms with Crippen LogP contribution >= 0.6 is 0 Å². The summed E-state index contributed by atoms with van der Waals surface area (Å²) < 4.78 is 31.7. The largest absolute Gasteiger partial charge is 0.443 e. The van der Waals surface area contributed by atoms with E-state index in [0.717, 1.165) is 11.1 Å². The molecule has 16 heteroatoms. The molecule has 2 saturated heterocycles. The quantitative estimate of drug-likeness (QED) is 0.271. The average Bonchev–Trinajstić information content (AvgIpc) is 3.04. The van der Waals surface area contributed by atoms with Gasteiger partial charge in [0.25, 0.3) is 0 Å². The van der Waals surface area contributed by atoms with Gasteiger partial charge in [0.05, 0.1) is 13.1 Å². The third-order valence-corrected chi connectivity index (χ3v) is 7.43. The molecule has 2 aliphatic rings. The predicted molar refractivity (Wildman–Crippen MR) is 169 cm³/mol. The van der Waals surface area contributed by atoms with Crippen molar-refractivity contribution in [1.82, 2.24) is 19.6 Å². The first-order valence-corrected chi connectivity index (χ1v) is 15.0. The van der Waals surface area contributed by atoms with Gasteiger partial charge in [-0.3, -0.25) is 20.4 Å². The molecule has 0 aliphatic carbocycles. The lowest BCUT2D eigenvalue weighted by Crippen LogP contribution is -2.60. The molecular weight excluding hydrogens is 616 g/mol. The van der Waals surface area contributed by atoms with Gasteiger partial charge < -0.3 is 33.5 Å². The number of methoxy groups -OCH3 is 4. The van der Waals surface area contributed by atoms with Crippen LogP contribution in [0.4, 0.5) is 25.8 Å². The van der Waals surface area contributed by atoms with E-state index in [9.17, 15) is 19.5 Å². The van der Waals surface area contributed by atoms with E-state index in [-0.39, 0.29) is 46.0 Å². The van der Waals surface area contributed by atoms with E-state index in [1.807, 2.05) is 24.3 Å². The van der Waals surface area contributed by atoms with Crippen LogP contribution in [0.3, 0.4) is 0 Å². The SMILES string of the molecule is COCN1CC(OC(=O)Nc2ccc(Cc3ccc(NC(=O)OC4CN(COC)C(O)N(COC)C4)cc3)cc2)CN(COC)C1=O. The number of hydrogen-bond acceptors (Lipinski definition) is 12. The Morgan fingerprint density at radius 2 is 1.04 bits per heavy atom. The molecule has 0 radical (unpaired) electrons. The summed E-state index contributed by atoms with van der Waals surface area (Å²) >= 11 is 0. The van der Waals surface area contributed by atoms with E-state index in [1.54, 1.807) is 34.1 Å². The maximum atomic E-state index is 12.6. The molecule has 2 aromatic carbocycles. The highest BCUT2D eigenvalue weighted by atomic mass is 16.6. The minimum Gasteiger partial charge on any atom is -0.443 e. The molecule has 16 nitrogen and oxygen atoms in total. The van der Waals surface area contributed by atoms with Gasteiger partial charge in [-0.05, 0) is 41.8 Å². The number of amides is 4. The fraction of sp³-hybridized carbons (Fsp3) is 0.516. The molecule has 0 spiro atoms. The Morgan fingerprint density at radius 1 is 0.660 bits per heavy atom. The molecule has 0 unspecified atom stereocenters. The van der Waals surface area contributed by atoms with Gasteiger partial charge in [-0.25, -0.2) is 24.2 Å². The van der Waals surface area contributed by atoms with Gasteiger partial charge in [0, 0.05) is 52.9 Å². The first kappa shape index (κ1) is 35.8. The van der Waals surface area contributed by atoms with Gasteiger partial charge >= 0.3 is 18.2 Å². The van der Waals surface area contributed by atoms with E-state index >= 15 is 0 Å². The average molecular weight is 661 g/mol. The van der Waals surface area contributed by atoms with Gasteiger partial charge in [-0.1, -0.05) is 24.3 Å². The second-order valence-electron chi connectivity index (χ2n) is 11.2. The molecule has 0 aromatic heterocycles. The molecule has 2 aromatic rings. The Bertz CT molecular complexity index is 1270. The number of ether oxygens (including phenoxy) is 6. The highest BCUT2D eigenvalue weighted by molar-refractivity contribution is 5.85. The van der Waals surface area contributed by atoms with Crippen molar-refractivity contribution in [2.24, 2.45) is 0 Å². The molecule has 2 heterocycles. The lowest BCUT2D eigenvalue weighted by molar-refractivity contribution is -0.208. The number of nitrogens with zero attached hydrogens (tertiary/aromatic N) is 4. The third-order valence-electron chi connectivity index (χ3n) is 7.43. The maximum Gasteiger partial charge on any atom is 0.412 e. The van der Waals surface area contributed by atoms with Crippen molar-refractivity contribution in [3.05, 3.63) is 59.7 Å². The first-order valence-electron chi connectivity index (χ1n) is 15.0. The lowest BCUT2D eigenvalue weighted by Gasteiger charge is -2.42. The van der Waals surface area contributed by atoms with Gasteiger partial charge in [-0.15, -0.1) is 0 Å². The van der Waals surface area contributed by atoms with Crippen LogP contribution in [0.15, 0.2) is 48.5 Å². The van der Waals surface area contributed by atoms with Crippen molar-refractivity contribution in [1.29, 1.82) is 0 Å². The number of benzene rings is 2. The predicted octanol–water partition coefficient (Wildman–Crippen LogP) is 2.16. The van der Waals surface area contributed by atoms with Crippen LogP contribution in [-0.2, 0) is 34.8 Å². The van der Waals surface area contributed by atoms with Crippen LogP contribution in [0.5, 0.6) is 0 Å². The van der Waals surface area contributed by atoms with E-state index in [0.29, 0.717) is 30.9 Å². The molecule has 3 N–H and O–H groups in total. The molecule has 258 valence electrons. The van der Waals surface area contributed by atoms with Gasteiger partial charge in [0.1, 0.15) is 39.1 Å². The van der Waals surface area contributed by atoms with Crippen molar-refractivity contribution >= 4 is 29.6 Å². The number of anilines is 2. The second kappa shape index (κ2) is 17.8. The smallest absolute Gasteiger partial charge is 0.412 e. The summed E-state index contributed by atoms with van der Waals surface area (Å²) in [6, 6.07) is 14.5. The van der Waals surface area contributed by atoms with Crippen molar-refractivity contribution in [2.75, 3.05) is 92.2 Å². The summed E-state index contributed by atoms with van der Waals surface area (Å²) in [4.78, 5) is 43.9. The summed E-state index contributed by atoms with van der Waals surface area (Å²) in [5, 5.41) is 15.9. The lowest BCUT2D eigenvalue weighted by atomic mass is 10.0. The molecule has 0 saturated carbocycles. The first-order chi connectivity index (χ1) is 22.7. The Kier molecular flexibility index (Phi) is 13.5. The van der Waals surface area contributed by atoms with E-state index < -0.39 is 30.7 Å². The normalized spacial score (nSPS) is 19.5. The molecule has 0 atom stereocenters. The van der Waals surface area contributed by atoms with Crippen LogP contribution < -0.4 is 10.6 Å². The number of rotatable bonds is 14. The van der Waals surface area contributed by atoms with Crippen molar-refractivity contribution < 1.29 is 47.9 Å². The molecule has 0 bridgehead atoms. The Hall–Kier alpha value is -4.03. The topological polar surface area (TPSA) is 164 Å². The monoisotopic (exact) mass is 660 g/mol. The van der Waals surface area contributed by atoms with Gasteiger partial charge in [-0.2, -0.15) is 0 Å². The van der Waals surface area contributed by atoms with Crippen LogP contribution in [0.1, 0.15) is 11.1 Å². The number of aliphatic hydroxyl groups excluding tert-OH is 1. The number of aliphatic hydroxyl groups is 1. The van der Waals surface area contributed by atoms with E-state index in [4.69, 9.17) is 28.4 Å². The van der Waals surface area contributed by atoms with Crippen LogP contribution in [0.25, 0.3) is 0 Å². The third kappa shape index (κ3) is 10.5. The van der Waals surface area contributed by atoms with Crippen molar-refractivity contribution in [3.8, 4) is 0 Å². The summed E-state index contributed by atoms with van der Waals surface area (Å²) in [5.41, 5.74) is 3.17. The maximum absolute atomic E-state index is 12.6. The number of carbonyl (C=O) groups excluding carboxylic acids is 3. The fourth-order valence-electron chi connectivity index (χ4n) is 5.40. The van der Waals surface area contributed by atoms with Crippen molar-refractivity contribution in [3.63, 3.8) is 0 Å². The van der Waals surface area contributed by atoms with Crippen LogP contribution in [0.2, 0.25) is 0 Å². The Labute approximate surface area is 274 Å². The zero-order chi connectivity index (χ0) is 33.8. The highest BCUT2D eigenvalue weighted by Gasteiger charge is 2.35. The molecule has 2 aliphatic heterocycles. The second-order valence-corrected chi connectivity index (χ2v) is 11.2. The zero-order valence-corrected chi connectivity index (χ0v) is 27.1. The summed E-state index contributed by atoms with van der Waals surface area (Å²) in [7, 11) is 6.03. The fourth-order valence-corrected chi connectivity index (χ4v) is 5.40. The minimum atomic E-state index is -0.906. The number of nitrogens with one attached hydrogen (secondary N) is 2. The minimum absolute atomic E-state index is 0.0733.